The lowest BCUT2D eigenvalue weighted by Crippen LogP contribution is -2.08. The van der Waals surface area contributed by atoms with E-state index >= 15 is 0 Å². The Morgan fingerprint density at radius 3 is 2.58 bits per heavy atom. The van der Waals surface area contributed by atoms with Crippen molar-refractivity contribution < 1.29 is 4.74 Å². The number of nitrogens with zero attached hydrogens (tertiary/aromatic N) is 4. The Hall–Kier alpha value is -3.41. The van der Waals surface area contributed by atoms with Crippen molar-refractivity contribution in [3.8, 4) is 5.75 Å². The topological polar surface area (TPSA) is 64.9 Å². The second-order valence-corrected chi connectivity index (χ2v) is 6.02. The van der Waals surface area contributed by atoms with Crippen LogP contribution in [0.2, 0.25) is 0 Å². The molecule has 0 aliphatic rings. The molecule has 0 amide bonds. The molecule has 6 nitrogen and oxygen atoms in total. The monoisotopic (exact) mass is 345 g/mol. The van der Waals surface area contributed by atoms with Crippen LogP contribution < -0.4 is 10.1 Å². The standard InChI is InChI=1S/C20H19N5O/c1-25-20(22-23-24-25)21-13-18-17-10-6-5-9-16(17)11-12-19(18)26-14-15-7-3-2-4-8-15/h2-12H,13-14H2,1H3,(H,21,22,24). The van der Waals surface area contributed by atoms with Crippen LogP contribution in [0, 0.1) is 0 Å². The van der Waals surface area contributed by atoms with Gasteiger partial charge in [0.15, 0.2) is 0 Å². The molecule has 0 radical (unpaired) electrons. The molecule has 0 fully saturated rings. The van der Waals surface area contributed by atoms with E-state index in [1.54, 1.807) is 11.7 Å². The molecule has 1 N–H and O–H groups in total. The van der Waals surface area contributed by atoms with Gasteiger partial charge in [0.1, 0.15) is 12.4 Å². The smallest absolute Gasteiger partial charge is 0.242 e. The molecular weight excluding hydrogens is 326 g/mol. The number of fused-ring (bicyclic) bond motifs is 1. The minimum atomic E-state index is 0.525. The lowest BCUT2D eigenvalue weighted by Gasteiger charge is -2.15. The third-order valence-electron chi connectivity index (χ3n) is 4.28. The second-order valence-electron chi connectivity index (χ2n) is 6.02. The van der Waals surface area contributed by atoms with Crippen LogP contribution >= 0.6 is 0 Å². The van der Waals surface area contributed by atoms with E-state index in [9.17, 15) is 0 Å². The van der Waals surface area contributed by atoms with Crippen molar-refractivity contribution in [3.05, 3.63) is 77.9 Å². The van der Waals surface area contributed by atoms with Crippen molar-refractivity contribution in [1.29, 1.82) is 0 Å². The Morgan fingerprint density at radius 2 is 1.77 bits per heavy atom. The number of ether oxygens (including phenoxy) is 1. The number of nitrogens with one attached hydrogen (secondary N) is 1. The Kier molecular flexibility index (Phi) is 4.47. The van der Waals surface area contributed by atoms with Gasteiger partial charge in [0.05, 0.1) is 0 Å². The summed E-state index contributed by atoms with van der Waals surface area (Å²) in [5, 5.41) is 17.1. The first kappa shape index (κ1) is 16.1. The zero-order valence-corrected chi connectivity index (χ0v) is 14.5. The Balaban J connectivity index is 1.64. The quantitative estimate of drug-likeness (QED) is 0.579. The number of benzene rings is 3. The highest BCUT2D eigenvalue weighted by molar-refractivity contribution is 5.88. The van der Waals surface area contributed by atoms with E-state index in [0.717, 1.165) is 22.3 Å². The highest BCUT2D eigenvalue weighted by atomic mass is 16.5. The molecule has 0 bridgehead atoms. The van der Waals surface area contributed by atoms with Gasteiger partial charge in [-0.05, 0) is 32.8 Å². The second kappa shape index (κ2) is 7.23. The maximum atomic E-state index is 6.13. The molecule has 6 heteroatoms. The number of anilines is 1. The van der Waals surface area contributed by atoms with Gasteiger partial charge in [-0.15, -0.1) is 0 Å². The summed E-state index contributed by atoms with van der Waals surface area (Å²) < 4.78 is 7.74. The first-order chi connectivity index (χ1) is 12.8. The Bertz CT molecular complexity index is 1010. The minimum Gasteiger partial charge on any atom is -0.489 e. The van der Waals surface area contributed by atoms with E-state index in [-0.39, 0.29) is 0 Å². The van der Waals surface area contributed by atoms with Gasteiger partial charge in [-0.2, -0.15) is 0 Å². The van der Waals surface area contributed by atoms with Crippen LogP contribution in [0.5, 0.6) is 5.75 Å². The molecule has 0 spiro atoms. The van der Waals surface area contributed by atoms with Crippen LogP contribution in [0.1, 0.15) is 11.1 Å². The largest absolute Gasteiger partial charge is 0.489 e. The molecule has 0 aliphatic carbocycles. The summed E-state index contributed by atoms with van der Waals surface area (Å²) in [5.74, 6) is 1.47. The Morgan fingerprint density at radius 1 is 0.962 bits per heavy atom. The van der Waals surface area contributed by atoms with Crippen LogP contribution in [-0.4, -0.2) is 20.2 Å². The highest BCUT2D eigenvalue weighted by Gasteiger charge is 2.11. The van der Waals surface area contributed by atoms with E-state index in [2.05, 4.69) is 51.2 Å². The summed E-state index contributed by atoms with van der Waals surface area (Å²) >= 11 is 0. The van der Waals surface area contributed by atoms with E-state index in [1.807, 2.05) is 36.4 Å². The molecule has 0 atom stereocenters. The maximum absolute atomic E-state index is 6.13. The molecule has 4 aromatic rings. The van der Waals surface area contributed by atoms with Crippen LogP contribution in [0.15, 0.2) is 66.7 Å². The molecule has 0 unspecified atom stereocenters. The third-order valence-corrected chi connectivity index (χ3v) is 4.28. The molecule has 1 aromatic heterocycles. The zero-order valence-electron chi connectivity index (χ0n) is 14.5. The molecule has 0 aliphatic heterocycles. The molecular formula is C20H19N5O. The lowest BCUT2D eigenvalue weighted by atomic mass is 10.0. The number of aryl methyl sites for hydroxylation is 1. The van der Waals surface area contributed by atoms with Gasteiger partial charge in [0.25, 0.3) is 0 Å². The zero-order chi connectivity index (χ0) is 17.8. The maximum Gasteiger partial charge on any atom is 0.242 e. The molecule has 0 saturated carbocycles. The SMILES string of the molecule is Cn1nnnc1NCc1c(OCc2ccccc2)ccc2ccccc12. The van der Waals surface area contributed by atoms with Crippen molar-refractivity contribution in [2.75, 3.05) is 5.32 Å². The predicted octanol–water partition coefficient (Wildman–Crippen LogP) is 3.55. The highest BCUT2D eigenvalue weighted by Crippen LogP contribution is 2.29. The summed E-state index contributed by atoms with van der Waals surface area (Å²) in [4.78, 5) is 0. The van der Waals surface area contributed by atoms with Crippen LogP contribution in [-0.2, 0) is 20.2 Å². The summed E-state index contributed by atoms with van der Waals surface area (Å²) in [7, 11) is 1.80. The Labute approximate surface area is 151 Å². The summed E-state index contributed by atoms with van der Waals surface area (Å²) in [5.41, 5.74) is 2.22. The van der Waals surface area contributed by atoms with Crippen LogP contribution in [0.4, 0.5) is 5.95 Å². The molecule has 4 rings (SSSR count). The van der Waals surface area contributed by atoms with Crippen LogP contribution in [0.25, 0.3) is 10.8 Å². The van der Waals surface area contributed by atoms with Crippen molar-refractivity contribution in [1.82, 2.24) is 20.2 Å². The lowest BCUT2D eigenvalue weighted by molar-refractivity contribution is 0.304. The van der Waals surface area contributed by atoms with Crippen molar-refractivity contribution in [3.63, 3.8) is 0 Å². The predicted molar refractivity (Wildman–Crippen MR) is 101 cm³/mol. The van der Waals surface area contributed by atoms with E-state index in [4.69, 9.17) is 4.74 Å². The molecule has 0 saturated heterocycles. The average Bonchev–Trinajstić information content (AvgIpc) is 3.10. The van der Waals surface area contributed by atoms with E-state index in [0.29, 0.717) is 19.1 Å². The van der Waals surface area contributed by atoms with Gasteiger partial charge in [-0.1, -0.05) is 65.8 Å². The fraction of sp³-hybridized carbons (Fsp3) is 0.150. The number of hydrogen-bond donors (Lipinski definition) is 1. The first-order valence-electron chi connectivity index (χ1n) is 8.45. The fourth-order valence-corrected chi connectivity index (χ4v) is 2.92. The summed E-state index contributed by atoms with van der Waals surface area (Å²) in [6, 6.07) is 22.6. The van der Waals surface area contributed by atoms with Gasteiger partial charge in [-0.3, -0.25) is 0 Å². The number of hydrogen-bond acceptors (Lipinski definition) is 5. The van der Waals surface area contributed by atoms with E-state index < -0.39 is 0 Å². The molecule has 3 aromatic carbocycles. The average molecular weight is 345 g/mol. The third kappa shape index (κ3) is 3.35. The van der Waals surface area contributed by atoms with E-state index in [1.165, 1.54) is 5.39 Å². The van der Waals surface area contributed by atoms with Gasteiger partial charge >= 0.3 is 0 Å². The number of tetrazole rings is 1. The number of rotatable bonds is 6. The fourth-order valence-electron chi connectivity index (χ4n) is 2.92. The molecule has 1 heterocycles. The molecule has 26 heavy (non-hydrogen) atoms. The first-order valence-corrected chi connectivity index (χ1v) is 8.45. The summed E-state index contributed by atoms with van der Waals surface area (Å²) in [6.45, 7) is 1.09. The van der Waals surface area contributed by atoms with Gasteiger partial charge in [-0.25, -0.2) is 4.68 Å². The van der Waals surface area contributed by atoms with Crippen molar-refractivity contribution in [2.45, 2.75) is 13.2 Å². The minimum absolute atomic E-state index is 0.525. The van der Waals surface area contributed by atoms with Crippen LogP contribution in [0.3, 0.4) is 0 Å². The summed E-state index contributed by atoms with van der Waals surface area (Å²) in [6.07, 6.45) is 0. The van der Waals surface area contributed by atoms with Crippen molar-refractivity contribution >= 4 is 16.7 Å². The van der Waals surface area contributed by atoms with Gasteiger partial charge < -0.3 is 10.1 Å². The number of aromatic nitrogens is 4. The van der Waals surface area contributed by atoms with Crippen molar-refractivity contribution in [2.24, 2.45) is 7.05 Å². The van der Waals surface area contributed by atoms with Gasteiger partial charge in [0, 0.05) is 19.2 Å². The van der Waals surface area contributed by atoms with Gasteiger partial charge in [0.2, 0.25) is 5.95 Å². The normalized spacial score (nSPS) is 10.8. The molecule has 130 valence electrons.